The van der Waals surface area contributed by atoms with Gasteiger partial charge in [0.15, 0.2) is 0 Å². The molecule has 0 saturated carbocycles. The molecule has 0 bridgehead atoms. The van der Waals surface area contributed by atoms with E-state index in [0.717, 1.165) is 24.2 Å². The van der Waals surface area contributed by atoms with E-state index in [1.807, 2.05) is 12.1 Å². The van der Waals surface area contributed by atoms with Gasteiger partial charge in [-0.1, -0.05) is 12.1 Å². The van der Waals surface area contributed by atoms with Gasteiger partial charge in [0.25, 0.3) is 5.69 Å². The molecule has 3 rings (SSSR count). The number of fused-ring (bicyclic) bond motifs is 1. The highest BCUT2D eigenvalue weighted by Crippen LogP contribution is 2.32. The van der Waals surface area contributed by atoms with Crippen LogP contribution in [0.25, 0.3) is 0 Å². The van der Waals surface area contributed by atoms with E-state index in [9.17, 15) is 10.1 Å². The van der Waals surface area contributed by atoms with Crippen molar-refractivity contribution in [3.8, 4) is 0 Å². The van der Waals surface area contributed by atoms with Crippen molar-refractivity contribution in [2.75, 3.05) is 5.32 Å². The molecule has 0 aliphatic heterocycles. The first-order chi connectivity index (χ1) is 9.24. The molecule has 1 aliphatic carbocycles. The van der Waals surface area contributed by atoms with Crippen LogP contribution in [0.2, 0.25) is 0 Å². The molecule has 96 valence electrons. The molecule has 0 amide bonds. The summed E-state index contributed by atoms with van der Waals surface area (Å²) < 4.78 is 0. The van der Waals surface area contributed by atoms with E-state index in [1.54, 1.807) is 18.3 Å². The zero-order valence-electron chi connectivity index (χ0n) is 10.2. The maximum absolute atomic E-state index is 10.8. The molecule has 5 heteroatoms. The highest BCUT2D eigenvalue weighted by atomic mass is 16.6. The summed E-state index contributed by atoms with van der Waals surface area (Å²) in [5.41, 5.74) is 3.17. The Bertz CT molecular complexity index is 628. The third-order valence-electron chi connectivity index (χ3n) is 3.36. The topological polar surface area (TPSA) is 68.1 Å². The van der Waals surface area contributed by atoms with Gasteiger partial charge in [-0.3, -0.25) is 15.1 Å². The highest BCUT2D eigenvalue weighted by molar-refractivity contribution is 5.52. The van der Waals surface area contributed by atoms with Gasteiger partial charge < -0.3 is 5.32 Å². The smallest absolute Gasteiger partial charge is 0.271 e. The van der Waals surface area contributed by atoms with Crippen LogP contribution in [0.4, 0.5) is 11.4 Å². The number of aromatic nitrogens is 1. The van der Waals surface area contributed by atoms with Crippen LogP contribution in [0.5, 0.6) is 0 Å². The van der Waals surface area contributed by atoms with Gasteiger partial charge in [-0.25, -0.2) is 0 Å². The van der Waals surface area contributed by atoms with Crippen LogP contribution < -0.4 is 5.32 Å². The second-order valence-electron chi connectivity index (χ2n) is 4.59. The van der Waals surface area contributed by atoms with E-state index < -0.39 is 0 Å². The second kappa shape index (κ2) is 4.68. The second-order valence-corrected chi connectivity index (χ2v) is 4.59. The Morgan fingerprint density at radius 1 is 1.32 bits per heavy atom. The zero-order valence-corrected chi connectivity index (χ0v) is 10.2. The van der Waals surface area contributed by atoms with Crippen molar-refractivity contribution >= 4 is 11.4 Å². The third kappa shape index (κ3) is 2.27. The summed E-state index contributed by atoms with van der Waals surface area (Å²) >= 11 is 0. The van der Waals surface area contributed by atoms with Gasteiger partial charge >= 0.3 is 0 Å². The van der Waals surface area contributed by atoms with Crippen molar-refractivity contribution in [3.63, 3.8) is 0 Å². The number of benzene rings is 1. The zero-order chi connectivity index (χ0) is 13.2. The van der Waals surface area contributed by atoms with Crippen molar-refractivity contribution in [1.29, 1.82) is 0 Å². The number of nitrogens with one attached hydrogen (secondary N) is 1. The lowest BCUT2D eigenvalue weighted by atomic mass is 10.2. The summed E-state index contributed by atoms with van der Waals surface area (Å²) in [6, 6.07) is 10.7. The average molecular weight is 255 g/mol. The summed E-state index contributed by atoms with van der Waals surface area (Å²) in [4.78, 5) is 14.8. The lowest BCUT2D eigenvalue weighted by molar-refractivity contribution is -0.384. The number of nitro groups is 1. The molecule has 1 unspecified atom stereocenters. The minimum absolute atomic E-state index is 0.101. The summed E-state index contributed by atoms with van der Waals surface area (Å²) in [5.74, 6) is 0. The minimum atomic E-state index is -0.383. The monoisotopic (exact) mass is 255 g/mol. The Hall–Kier alpha value is -2.43. The summed E-state index contributed by atoms with van der Waals surface area (Å²) in [6.45, 7) is 0. The fourth-order valence-corrected chi connectivity index (χ4v) is 2.46. The van der Waals surface area contributed by atoms with Gasteiger partial charge in [-0.15, -0.1) is 0 Å². The molecule has 1 atom stereocenters. The molecule has 1 heterocycles. The fraction of sp³-hybridized carbons (Fsp3) is 0.214. The maximum atomic E-state index is 10.8. The molecule has 1 aromatic carbocycles. The molecular formula is C14H13N3O2. The van der Waals surface area contributed by atoms with Crippen molar-refractivity contribution in [2.45, 2.75) is 18.9 Å². The quantitative estimate of drug-likeness (QED) is 0.676. The van der Waals surface area contributed by atoms with E-state index in [-0.39, 0.29) is 16.7 Å². The first-order valence-electron chi connectivity index (χ1n) is 6.19. The van der Waals surface area contributed by atoms with Crippen LogP contribution in [0.15, 0.2) is 42.6 Å². The van der Waals surface area contributed by atoms with E-state index in [4.69, 9.17) is 0 Å². The van der Waals surface area contributed by atoms with E-state index in [1.165, 1.54) is 11.6 Å². The molecule has 2 aromatic rings. The molecule has 5 nitrogen and oxygen atoms in total. The number of rotatable bonds is 3. The van der Waals surface area contributed by atoms with Crippen molar-refractivity contribution in [2.24, 2.45) is 0 Å². The van der Waals surface area contributed by atoms with Crippen LogP contribution >= 0.6 is 0 Å². The highest BCUT2D eigenvalue weighted by Gasteiger charge is 2.23. The third-order valence-corrected chi connectivity index (χ3v) is 3.36. The Morgan fingerprint density at radius 3 is 3.05 bits per heavy atom. The number of hydrogen-bond acceptors (Lipinski definition) is 4. The number of nitrogens with zero attached hydrogens (tertiary/aromatic N) is 2. The van der Waals surface area contributed by atoms with E-state index in [2.05, 4.69) is 16.4 Å². The Morgan fingerprint density at radius 2 is 2.21 bits per heavy atom. The number of anilines is 1. The first-order valence-corrected chi connectivity index (χ1v) is 6.19. The molecule has 1 aliphatic rings. The molecule has 0 radical (unpaired) electrons. The molecule has 0 saturated heterocycles. The molecule has 1 N–H and O–H groups in total. The number of nitro benzene ring substituents is 1. The lowest BCUT2D eigenvalue weighted by Crippen LogP contribution is -2.08. The minimum Gasteiger partial charge on any atom is -0.376 e. The Balaban J connectivity index is 1.83. The van der Waals surface area contributed by atoms with Crippen molar-refractivity contribution < 1.29 is 4.92 Å². The van der Waals surface area contributed by atoms with Gasteiger partial charge in [-0.2, -0.15) is 0 Å². The van der Waals surface area contributed by atoms with Crippen LogP contribution in [0, 0.1) is 10.1 Å². The predicted molar refractivity (Wildman–Crippen MR) is 72.0 cm³/mol. The van der Waals surface area contributed by atoms with Gasteiger partial charge in [0, 0.05) is 24.0 Å². The molecule has 0 spiro atoms. The normalized spacial score (nSPS) is 16.9. The van der Waals surface area contributed by atoms with Crippen molar-refractivity contribution in [1.82, 2.24) is 4.98 Å². The SMILES string of the molecule is O=[N+]([O-])c1cccc(NC2CCc3cccnc32)c1. The largest absolute Gasteiger partial charge is 0.376 e. The Kier molecular flexibility index (Phi) is 2.87. The lowest BCUT2D eigenvalue weighted by Gasteiger charge is -2.14. The molecule has 0 fully saturated rings. The molecule has 1 aromatic heterocycles. The standard InChI is InChI=1S/C14H13N3O2/c18-17(19)12-5-1-4-11(9-12)16-13-7-6-10-3-2-8-15-14(10)13/h1-5,8-9,13,16H,6-7H2. The number of non-ortho nitro benzene ring substituents is 1. The van der Waals surface area contributed by atoms with E-state index in [0.29, 0.717) is 0 Å². The average Bonchev–Trinajstić information content (AvgIpc) is 2.83. The van der Waals surface area contributed by atoms with Crippen LogP contribution in [0.3, 0.4) is 0 Å². The maximum Gasteiger partial charge on any atom is 0.271 e. The number of hydrogen-bond donors (Lipinski definition) is 1. The van der Waals surface area contributed by atoms with E-state index >= 15 is 0 Å². The predicted octanol–water partition coefficient (Wildman–Crippen LogP) is 3.09. The summed E-state index contributed by atoms with van der Waals surface area (Å²) in [5, 5.41) is 14.1. The van der Waals surface area contributed by atoms with Gasteiger partial charge in [0.05, 0.1) is 16.7 Å². The van der Waals surface area contributed by atoms with Crippen LogP contribution in [-0.4, -0.2) is 9.91 Å². The first kappa shape index (κ1) is 11.6. The van der Waals surface area contributed by atoms with Crippen molar-refractivity contribution in [3.05, 3.63) is 64.0 Å². The fourth-order valence-electron chi connectivity index (χ4n) is 2.46. The van der Waals surface area contributed by atoms with Gasteiger partial charge in [-0.05, 0) is 30.5 Å². The Labute approximate surface area is 110 Å². The molecular weight excluding hydrogens is 242 g/mol. The number of aryl methyl sites for hydroxylation is 1. The van der Waals surface area contributed by atoms with Gasteiger partial charge in [0.1, 0.15) is 0 Å². The summed E-state index contributed by atoms with van der Waals surface area (Å²) in [6.07, 6.45) is 3.75. The van der Waals surface area contributed by atoms with Gasteiger partial charge in [0.2, 0.25) is 0 Å². The van der Waals surface area contributed by atoms with Crippen LogP contribution in [-0.2, 0) is 6.42 Å². The number of pyridine rings is 1. The summed E-state index contributed by atoms with van der Waals surface area (Å²) in [7, 11) is 0. The molecule has 19 heavy (non-hydrogen) atoms. The van der Waals surface area contributed by atoms with Crippen LogP contribution in [0.1, 0.15) is 23.7 Å².